The molecule has 3 rings (SSSR count). The average molecular weight is 420 g/mol. The molecule has 9 heteroatoms. The van der Waals surface area contributed by atoms with Crippen LogP contribution in [0.4, 0.5) is 13.2 Å². The van der Waals surface area contributed by atoms with E-state index in [-0.39, 0.29) is 37.6 Å². The molecule has 2 amide bonds. The molecule has 0 radical (unpaired) electrons. The summed E-state index contributed by atoms with van der Waals surface area (Å²) in [5, 5.41) is 0. The smallest absolute Gasteiger partial charge is 0.416 e. The number of alkyl halides is 3. The number of carbonyl (C=O) groups excluding carboxylic acids is 3. The zero-order valence-corrected chi connectivity index (χ0v) is 16.1. The number of hydrogen-bond acceptors (Lipinski definition) is 4. The van der Waals surface area contributed by atoms with Crippen molar-refractivity contribution in [3.63, 3.8) is 0 Å². The summed E-state index contributed by atoms with van der Waals surface area (Å²) >= 11 is 0. The van der Waals surface area contributed by atoms with Gasteiger partial charge in [0.25, 0.3) is 11.8 Å². The van der Waals surface area contributed by atoms with Crippen LogP contribution >= 0.6 is 0 Å². The predicted molar refractivity (Wildman–Crippen MR) is 101 cm³/mol. The molecule has 6 nitrogen and oxygen atoms in total. The van der Waals surface area contributed by atoms with Crippen molar-refractivity contribution < 1.29 is 32.3 Å². The minimum atomic E-state index is -4.52. The summed E-state index contributed by atoms with van der Waals surface area (Å²) in [6.45, 7) is 0.923. The Bertz CT molecular complexity index is 949. The number of nitrogens with zero attached hydrogens (tertiary/aromatic N) is 2. The molecule has 1 heterocycles. The molecule has 0 aromatic heterocycles. The van der Waals surface area contributed by atoms with Crippen LogP contribution < -0.4 is 0 Å². The van der Waals surface area contributed by atoms with Crippen molar-refractivity contribution >= 4 is 17.8 Å². The van der Waals surface area contributed by atoms with E-state index < -0.39 is 23.6 Å². The first-order valence-electron chi connectivity index (χ1n) is 9.15. The second-order valence-electron chi connectivity index (χ2n) is 6.73. The van der Waals surface area contributed by atoms with Gasteiger partial charge in [0, 0.05) is 37.3 Å². The highest BCUT2D eigenvalue weighted by atomic mass is 19.4. The van der Waals surface area contributed by atoms with Crippen LogP contribution in [0.3, 0.4) is 0 Å². The number of amides is 2. The minimum Gasteiger partial charge on any atom is -0.465 e. The average Bonchev–Trinajstić information content (AvgIpc) is 2.77. The Morgan fingerprint density at radius 1 is 0.800 bits per heavy atom. The van der Waals surface area contributed by atoms with Crippen LogP contribution in [0.1, 0.15) is 36.6 Å². The maximum atomic E-state index is 12.9. The van der Waals surface area contributed by atoms with Gasteiger partial charge >= 0.3 is 12.1 Å². The molecular weight excluding hydrogens is 401 g/mol. The first-order valence-corrected chi connectivity index (χ1v) is 9.15. The molecule has 1 fully saturated rings. The number of carbonyl (C=O) groups is 3. The lowest BCUT2D eigenvalue weighted by Gasteiger charge is -2.35. The minimum absolute atomic E-state index is 0.0389. The normalized spacial score (nSPS) is 14.4. The maximum absolute atomic E-state index is 12.9. The Morgan fingerprint density at radius 2 is 1.30 bits per heavy atom. The maximum Gasteiger partial charge on any atom is 0.416 e. The van der Waals surface area contributed by atoms with Gasteiger partial charge in [0.1, 0.15) is 0 Å². The summed E-state index contributed by atoms with van der Waals surface area (Å²) in [5.74, 6) is -1.26. The van der Waals surface area contributed by atoms with Crippen LogP contribution in [-0.2, 0) is 10.9 Å². The largest absolute Gasteiger partial charge is 0.465 e. The second-order valence-corrected chi connectivity index (χ2v) is 6.73. The van der Waals surface area contributed by atoms with Gasteiger partial charge in [-0.3, -0.25) is 9.59 Å². The molecule has 0 spiro atoms. The summed E-state index contributed by atoms with van der Waals surface area (Å²) in [6.07, 6.45) is -4.52. The van der Waals surface area contributed by atoms with E-state index in [4.69, 9.17) is 0 Å². The molecule has 0 saturated carbocycles. The van der Waals surface area contributed by atoms with E-state index in [2.05, 4.69) is 4.74 Å². The van der Waals surface area contributed by atoms with E-state index in [1.54, 1.807) is 4.90 Å². The molecule has 30 heavy (non-hydrogen) atoms. The third kappa shape index (κ3) is 4.61. The number of piperazine rings is 1. The molecule has 1 aliphatic heterocycles. The molecule has 0 aliphatic carbocycles. The molecule has 0 bridgehead atoms. The second kappa shape index (κ2) is 8.56. The van der Waals surface area contributed by atoms with Crippen molar-refractivity contribution in [3.05, 3.63) is 70.8 Å². The van der Waals surface area contributed by atoms with E-state index in [1.165, 1.54) is 48.4 Å². The Hall–Kier alpha value is -3.36. The van der Waals surface area contributed by atoms with Crippen molar-refractivity contribution in [1.29, 1.82) is 0 Å². The van der Waals surface area contributed by atoms with Crippen LogP contribution in [0.2, 0.25) is 0 Å². The standard InChI is InChI=1S/C21H19F3N2O4/c1-30-20(29)15-7-5-14(6-8-15)18(27)25-9-11-26(12-10-25)19(28)16-3-2-4-17(13-16)21(22,23)24/h2-8,13H,9-12H2,1H3. The molecule has 2 aromatic rings. The number of hydrogen-bond donors (Lipinski definition) is 0. The van der Waals surface area contributed by atoms with Crippen LogP contribution in [0.5, 0.6) is 0 Å². The van der Waals surface area contributed by atoms with Crippen molar-refractivity contribution in [2.45, 2.75) is 6.18 Å². The zero-order chi connectivity index (χ0) is 21.9. The Labute approximate surface area is 170 Å². The summed E-state index contributed by atoms with van der Waals surface area (Å²) in [4.78, 5) is 39.7. The Balaban J connectivity index is 1.62. The van der Waals surface area contributed by atoms with Crippen LogP contribution in [0.15, 0.2) is 48.5 Å². The number of ether oxygens (including phenoxy) is 1. The lowest BCUT2D eigenvalue weighted by Crippen LogP contribution is -2.50. The molecule has 1 aliphatic rings. The van der Waals surface area contributed by atoms with Crippen molar-refractivity contribution in [1.82, 2.24) is 9.80 Å². The lowest BCUT2D eigenvalue weighted by molar-refractivity contribution is -0.137. The van der Waals surface area contributed by atoms with Gasteiger partial charge in [0.05, 0.1) is 18.2 Å². The first-order chi connectivity index (χ1) is 14.2. The Morgan fingerprint density at radius 3 is 1.80 bits per heavy atom. The van der Waals surface area contributed by atoms with E-state index in [0.717, 1.165) is 12.1 Å². The summed E-state index contributed by atoms with van der Waals surface area (Å²) in [7, 11) is 1.27. The van der Waals surface area contributed by atoms with Gasteiger partial charge in [-0.1, -0.05) is 6.07 Å². The molecular formula is C21H19F3N2O4. The first kappa shape index (κ1) is 21.4. The van der Waals surface area contributed by atoms with Crippen LogP contribution in [0, 0.1) is 0 Å². The summed E-state index contributed by atoms with van der Waals surface area (Å²) in [5.41, 5.74) is -0.202. The molecule has 0 N–H and O–H groups in total. The van der Waals surface area contributed by atoms with E-state index in [9.17, 15) is 27.6 Å². The Kier molecular flexibility index (Phi) is 6.09. The number of halogens is 3. The van der Waals surface area contributed by atoms with Crippen LogP contribution in [-0.4, -0.2) is 60.9 Å². The summed E-state index contributed by atoms with van der Waals surface area (Å²) in [6, 6.07) is 10.3. The highest BCUT2D eigenvalue weighted by Crippen LogP contribution is 2.29. The fourth-order valence-corrected chi connectivity index (χ4v) is 3.17. The van der Waals surface area contributed by atoms with Crippen molar-refractivity contribution in [2.24, 2.45) is 0 Å². The van der Waals surface area contributed by atoms with Crippen LogP contribution in [0.25, 0.3) is 0 Å². The third-order valence-electron chi connectivity index (χ3n) is 4.84. The molecule has 0 unspecified atom stereocenters. The van der Waals surface area contributed by atoms with Gasteiger partial charge in [0.15, 0.2) is 0 Å². The van der Waals surface area contributed by atoms with Gasteiger partial charge in [-0.25, -0.2) is 4.79 Å². The predicted octanol–water partition coefficient (Wildman–Crippen LogP) is 3.09. The van der Waals surface area contributed by atoms with Gasteiger partial charge < -0.3 is 14.5 Å². The topological polar surface area (TPSA) is 66.9 Å². The van der Waals surface area contributed by atoms with Gasteiger partial charge in [-0.2, -0.15) is 13.2 Å². The van der Waals surface area contributed by atoms with Gasteiger partial charge in [0.2, 0.25) is 0 Å². The molecule has 158 valence electrons. The highest BCUT2D eigenvalue weighted by molar-refractivity contribution is 5.97. The molecule has 2 aromatic carbocycles. The highest BCUT2D eigenvalue weighted by Gasteiger charge is 2.32. The van der Waals surface area contributed by atoms with Crippen molar-refractivity contribution in [3.8, 4) is 0 Å². The quantitative estimate of drug-likeness (QED) is 0.716. The molecule has 1 saturated heterocycles. The third-order valence-corrected chi connectivity index (χ3v) is 4.84. The van der Waals surface area contributed by atoms with Gasteiger partial charge in [-0.15, -0.1) is 0 Å². The lowest BCUT2D eigenvalue weighted by atomic mass is 10.1. The van der Waals surface area contributed by atoms with E-state index >= 15 is 0 Å². The fourth-order valence-electron chi connectivity index (χ4n) is 3.17. The number of esters is 1. The number of benzene rings is 2. The number of rotatable bonds is 3. The SMILES string of the molecule is COC(=O)c1ccc(C(=O)N2CCN(C(=O)c3cccc(C(F)(F)F)c3)CC2)cc1. The van der Waals surface area contributed by atoms with E-state index in [0.29, 0.717) is 11.1 Å². The zero-order valence-electron chi connectivity index (χ0n) is 16.1. The monoisotopic (exact) mass is 420 g/mol. The fraction of sp³-hybridized carbons (Fsp3) is 0.286. The van der Waals surface area contributed by atoms with Crippen molar-refractivity contribution in [2.75, 3.05) is 33.3 Å². The van der Waals surface area contributed by atoms with Gasteiger partial charge in [-0.05, 0) is 42.5 Å². The summed E-state index contributed by atoms with van der Waals surface area (Å²) < 4.78 is 43.2. The van der Waals surface area contributed by atoms with E-state index in [1.807, 2.05) is 0 Å². The number of methoxy groups -OCH3 is 1. The molecule has 0 atom stereocenters.